The molecule has 20 heavy (non-hydrogen) atoms. The van der Waals surface area contributed by atoms with E-state index < -0.39 is 0 Å². The summed E-state index contributed by atoms with van der Waals surface area (Å²) in [5.41, 5.74) is 1.96. The normalized spacial score (nSPS) is 12.1. The van der Waals surface area contributed by atoms with Crippen molar-refractivity contribution >= 4 is 0 Å². The lowest BCUT2D eigenvalue weighted by molar-refractivity contribution is 0.200. The van der Waals surface area contributed by atoms with Crippen molar-refractivity contribution in [1.29, 1.82) is 0 Å². The molecule has 1 heterocycles. The molecule has 2 aromatic rings. The number of rotatable bonds is 7. The van der Waals surface area contributed by atoms with Crippen LogP contribution in [0.4, 0.5) is 0 Å². The topological polar surface area (TPSA) is 67.3 Å². The summed E-state index contributed by atoms with van der Waals surface area (Å²) in [5, 5.41) is 12.2. The van der Waals surface area contributed by atoms with E-state index in [1.54, 1.807) is 18.6 Å². The van der Waals surface area contributed by atoms with Crippen molar-refractivity contribution in [1.82, 2.24) is 15.3 Å². The predicted octanol–water partition coefficient (Wildman–Crippen LogP) is 1.70. The van der Waals surface area contributed by atoms with Crippen molar-refractivity contribution in [2.75, 3.05) is 13.2 Å². The molecule has 0 aliphatic heterocycles. The lowest BCUT2D eigenvalue weighted by Crippen LogP contribution is -2.19. The minimum atomic E-state index is 0.0117. The lowest BCUT2D eigenvalue weighted by Gasteiger charge is -2.15. The molecule has 2 N–H and O–H groups in total. The molecule has 0 amide bonds. The molecule has 0 fully saturated rings. The maximum atomic E-state index is 8.83. The number of aliphatic hydroxyl groups excluding tert-OH is 1. The summed E-state index contributed by atoms with van der Waals surface area (Å²) in [4.78, 5) is 8.34. The fourth-order valence-corrected chi connectivity index (χ4v) is 1.85. The van der Waals surface area contributed by atoms with Crippen LogP contribution < -0.4 is 10.1 Å². The zero-order valence-electron chi connectivity index (χ0n) is 11.5. The third-order valence-electron chi connectivity index (χ3n) is 2.95. The molecule has 0 aliphatic rings. The van der Waals surface area contributed by atoms with Crippen LogP contribution in [-0.2, 0) is 6.54 Å². The van der Waals surface area contributed by atoms with Crippen LogP contribution in [0.5, 0.6) is 5.75 Å². The fraction of sp³-hybridized carbons (Fsp3) is 0.333. The first-order chi connectivity index (χ1) is 9.81. The summed E-state index contributed by atoms with van der Waals surface area (Å²) in [5.74, 6) is 0.792. The van der Waals surface area contributed by atoms with Gasteiger partial charge in [-0.2, -0.15) is 0 Å². The highest BCUT2D eigenvalue weighted by Crippen LogP contribution is 2.19. The number of hydrogen-bond acceptors (Lipinski definition) is 5. The predicted molar refractivity (Wildman–Crippen MR) is 76.3 cm³/mol. The number of benzene rings is 1. The Kier molecular flexibility index (Phi) is 5.46. The number of para-hydroxylation sites is 1. The SMILES string of the molecule is CC(NCc1ccccc1OCCO)c1cnccn1. The molecular weight excluding hydrogens is 254 g/mol. The third-order valence-corrected chi connectivity index (χ3v) is 2.95. The lowest BCUT2D eigenvalue weighted by atomic mass is 10.1. The number of nitrogens with one attached hydrogen (secondary N) is 1. The van der Waals surface area contributed by atoms with E-state index in [1.807, 2.05) is 31.2 Å². The highest BCUT2D eigenvalue weighted by molar-refractivity contribution is 5.33. The average Bonchev–Trinajstić information content (AvgIpc) is 2.52. The van der Waals surface area contributed by atoms with Crippen molar-refractivity contribution < 1.29 is 9.84 Å². The monoisotopic (exact) mass is 273 g/mol. The van der Waals surface area contributed by atoms with E-state index in [9.17, 15) is 0 Å². The molecule has 1 aromatic heterocycles. The Hall–Kier alpha value is -1.98. The minimum Gasteiger partial charge on any atom is -0.491 e. The first kappa shape index (κ1) is 14.4. The van der Waals surface area contributed by atoms with Crippen molar-refractivity contribution in [3.63, 3.8) is 0 Å². The van der Waals surface area contributed by atoms with Crippen molar-refractivity contribution in [3.8, 4) is 5.75 Å². The van der Waals surface area contributed by atoms with Crippen LogP contribution in [-0.4, -0.2) is 28.3 Å². The Balaban J connectivity index is 1.96. The highest BCUT2D eigenvalue weighted by Gasteiger charge is 2.08. The molecule has 5 heteroatoms. The molecule has 0 aliphatic carbocycles. The van der Waals surface area contributed by atoms with E-state index in [0.29, 0.717) is 13.2 Å². The average molecular weight is 273 g/mol. The molecule has 1 unspecified atom stereocenters. The maximum absolute atomic E-state index is 8.83. The summed E-state index contributed by atoms with van der Waals surface area (Å²) in [6.45, 7) is 3.02. The van der Waals surface area contributed by atoms with Gasteiger partial charge in [0, 0.05) is 36.7 Å². The zero-order valence-corrected chi connectivity index (χ0v) is 11.5. The first-order valence-electron chi connectivity index (χ1n) is 6.62. The Bertz CT molecular complexity index is 520. The molecule has 1 atom stereocenters. The number of ether oxygens (including phenoxy) is 1. The second-order valence-electron chi connectivity index (χ2n) is 4.41. The van der Waals surface area contributed by atoms with Crippen LogP contribution in [0.1, 0.15) is 24.2 Å². The summed E-state index contributed by atoms with van der Waals surface area (Å²) >= 11 is 0. The molecule has 5 nitrogen and oxygen atoms in total. The van der Waals surface area contributed by atoms with Gasteiger partial charge in [0.2, 0.25) is 0 Å². The number of aromatic nitrogens is 2. The van der Waals surface area contributed by atoms with Crippen molar-refractivity contribution in [2.24, 2.45) is 0 Å². The Morgan fingerprint density at radius 3 is 2.90 bits per heavy atom. The van der Waals surface area contributed by atoms with Crippen LogP contribution >= 0.6 is 0 Å². The van der Waals surface area contributed by atoms with E-state index in [1.165, 1.54) is 0 Å². The van der Waals surface area contributed by atoms with Crippen LogP contribution in [0, 0.1) is 0 Å². The Morgan fingerprint density at radius 2 is 2.15 bits per heavy atom. The van der Waals surface area contributed by atoms with E-state index >= 15 is 0 Å². The van der Waals surface area contributed by atoms with Crippen LogP contribution in [0.15, 0.2) is 42.9 Å². The quantitative estimate of drug-likeness (QED) is 0.803. The zero-order chi connectivity index (χ0) is 14.2. The summed E-state index contributed by atoms with van der Waals surface area (Å²) in [6, 6.07) is 7.90. The van der Waals surface area contributed by atoms with Gasteiger partial charge >= 0.3 is 0 Å². The Morgan fingerprint density at radius 1 is 1.30 bits per heavy atom. The molecule has 0 bridgehead atoms. The van der Waals surface area contributed by atoms with Gasteiger partial charge in [-0.1, -0.05) is 18.2 Å². The maximum Gasteiger partial charge on any atom is 0.123 e. The third kappa shape index (κ3) is 4.01. The van der Waals surface area contributed by atoms with Gasteiger partial charge in [0.1, 0.15) is 12.4 Å². The summed E-state index contributed by atoms with van der Waals surface area (Å²) in [7, 11) is 0. The van der Waals surface area contributed by atoms with Gasteiger partial charge in [-0.25, -0.2) is 0 Å². The van der Waals surface area contributed by atoms with E-state index in [4.69, 9.17) is 9.84 Å². The molecule has 0 radical (unpaired) electrons. The number of aliphatic hydroxyl groups is 1. The van der Waals surface area contributed by atoms with E-state index in [-0.39, 0.29) is 12.6 Å². The largest absolute Gasteiger partial charge is 0.491 e. The summed E-state index contributed by atoms with van der Waals surface area (Å²) < 4.78 is 5.51. The van der Waals surface area contributed by atoms with Crippen LogP contribution in [0.2, 0.25) is 0 Å². The first-order valence-corrected chi connectivity index (χ1v) is 6.62. The van der Waals surface area contributed by atoms with Gasteiger partial charge in [-0.3, -0.25) is 9.97 Å². The van der Waals surface area contributed by atoms with Gasteiger partial charge in [-0.05, 0) is 13.0 Å². The number of nitrogens with zero attached hydrogens (tertiary/aromatic N) is 2. The smallest absolute Gasteiger partial charge is 0.123 e. The molecule has 0 spiro atoms. The van der Waals surface area contributed by atoms with E-state index in [0.717, 1.165) is 17.0 Å². The van der Waals surface area contributed by atoms with Crippen LogP contribution in [0.25, 0.3) is 0 Å². The van der Waals surface area contributed by atoms with Gasteiger partial charge in [0.25, 0.3) is 0 Å². The second kappa shape index (κ2) is 7.57. The van der Waals surface area contributed by atoms with Crippen molar-refractivity contribution in [3.05, 3.63) is 54.1 Å². The fourth-order valence-electron chi connectivity index (χ4n) is 1.85. The minimum absolute atomic E-state index is 0.0117. The molecule has 0 saturated carbocycles. The molecule has 2 rings (SSSR count). The molecule has 0 saturated heterocycles. The molecular formula is C15H19N3O2. The molecule has 1 aromatic carbocycles. The highest BCUT2D eigenvalue weighted by atomic mass is 16.5. The van der Waals surface area contributed by atoms with Crippen molar-refractivity contribution in [2.45, 2.75) is 19.5 Å². The van der Waals surface area contributed by atoms with Gasteiger partial charge in [-0.15, -0.1) is 0 Å². The Labute approximate surface area is 118 Å². The van der Waals surface area contributed by atoms with E-state index in [2.05, 4.69) is 15.3 Å². The standard InChI is InChI=1S/C15H19N3O2/c1-12(14-11-16-6-7-17-14)18-10-13-4-2-3-5-15(13)20-9-8-19/h2-7,11-12,18-19H,8-10H2,1H3. The summed E-state index contributed by atoms with van der Waals surface area (Å²) in [6.07, 6.45) is 5.10. The van der Waals surface area contributed by atoms with Gasteiger partial charge in [0.05, 0.1) is 12.3 Å². The van der Waals surface area contributed by atoms with Crippen LogP contribution in [0.3, 0.4) is 0 Å². The number of hydrogen-bond donors (Lipinski definition) is 2. The second-order valence-corrected chi connectivity index (χ2v) is 4.41. The van der Waals surface area contributed by atoms with Gasteiger partial charge < -0.3 is 15.2 Å². The van der Waals surface area contributed by atoms with Gasteiger partial charge in [0.15, 0.2) is 0 Å². The molecule has 106 valence electrons.